The van der Waals surface area contributed by atoms with Gasteiger partial charge in [-0.1, -0.05) is 11.6 Å². The lowest BCUT2D eigenvalue weighted by Gasteiger charge is -2.07. The number of halogens is 2. The average molecular weight is 327 g/mol. The topological polar surface area (TPSA) is 54.9 Å². The van der Waals surface area contributed by atoms with Crippen LogP contribution in [0.15, 0.2) is 35.1 Å². The summed E-state index contributed by atoms with van der Waals surface area (Å²) in [5, 5.41) is 3.00. The first kappa shape index (κ1) is 13.0. The fraction of sp³-hybridized carbons (Fsp3) is 0.0833. The molecule has 1 N–H and O–H groups in total. The number of aromatic nitrogens is 2. The first-order valence-electron chi connectivity index (χ1n) is 5.11. The van der Waals surface area contributed by atoms with Crippen LogP contribution in [-0.2, 0) is 0 Å². The van der Waals surface area contributed by atoms with Crippen LogP contribution >= 0.6 is 27.5 Å². The van der Waals surface area contributed by atoms with E-state index < -0.39 is 0 Å². The molecule has 0 atom stereocenters. The van der Waals surface area contributed by atoms with E-state index in [1.54, 1.807) is 12.3 Å². The molecule has 2 aromatic rings. The molecule has 0 saturated carbocycles. The Bertz CT molecular complexity index is 604. The highest BCUT2D eigenvalue weighted by Crippen LogP contribution is 2.17. The van der Waals surface area contributed by atoms with Gasteiger partial charge in [-0.25, -0.2) is 9.97 Å². The summed E-state index contributed by atoms with van der Waals surface area (Å²) in [6.07, 6.45) is 3.11. The molecule has 0 saturated heterocycles. The van der Waals surface area contributed by atoms with Crippen molar-refractivity contribution in [3.63, 3.8) is 0 Å². The number of rotatable bonds is 2. The molecule has 18 heavy (non-hydrogen) atoms. The van der Waals surface area contributed by atoms with Gasteiger partial charge in [-0.2, -0.15) is 0 Å². The first-order chi connectivity index (χ1) is 8.56. The van der Waals surface area contributed by atoms with E-state index >= 15 is 0 Å². The number of amides is 1. The molecule has 0 aliphatic heterocycles. The largest absolute Gasteiger partial charge is 0.306 e. The maximum absolute atomic E-state index is 12.0. The summed E-state index contributed by atoms with van der Waals surface area (Å²) in [5.41, 5.74) is 1.32. The van der Waals surface area contributed by atoms with E-state index in [4.69, 9.17) is 11.6 Å². The van der Waals surface area contributed by atoms with Crippen LogP contribution in [0.25, 0.3) is 0 Å². The van der Waals surface area contributed by atoms with Crippen molar-refractivity contribution in [1.29, 1.82) is 0 Å². The standard InChI is InChI=1S/C12H9BrClN3O/c1-7-4-9(13)6-16-11(7)17-12(18)8-2-3-15-10(14)5-8/h2-6H,1H3,(H,16,17,18). The second-order valence-electron chi connectivity index (χ2n) is 3.64. The quantitative estimate of drug-likeness (QED) is 0.860. The summed E-state index contributed by atoms with van der Waals surface area (Å²) in [7, 11) is 0. The minimum absolute atomic E-state index is 0.266. The Balaban J connectivity index is 2.21. The van der Waals surface area contributed by atoms with Gasteiger partial charge in [-0.15, -0.1) is 0 Å². The first-order valence-corrected chi connectivity index (χ1v) is 6.28. The van der Waals surface area contributed by atoms with Gasteiger partial charge in [-0.3, -0.25) is 4.79 Å². The molecular weight excluding hydrogens is 318 g/mol. The number of hydrogen-bond acceptors (Lipinski definition) is 3. The summed E-state index contributed by atoms with van der Waals surface area (Å²) >= 11 is 9.05. The second kappa shape index (κ2) is 5.46. The van der Waals surface area contributed by atoms with Gasteiger partial charge in [0.05, 0.1) is 0 Å². The van der Waals surface area contributed by atoms with Gasteiger partial charge in [0.15, 0.2) is 0 Å². The second-order valence-corrected chi connectivity index (χ2v) is 4.94. The van der Waals surface area contributed by atoms with Gasteiger partial charge in [0.1, 0.15) is 11.0 Å². The summed E-state index contributed by atoms with van der Waals surface area (Å²) in [6, 6.07) is 4.97. The number of carbonyl (C=O) groups excluding carboxylic acids is 1. The predicted molar refractivity (Wildman–Crippen MR) is 73.9 cm³/mol. The third-order valence-electron chi connectivity index (χ3n) is 2.27. The molecule has 0 aromatic carbocycles. The van der Waals surface area contributed by atoms with E-state index in [9.17, 15) is 4.79 Å². The number of pyridine rings is 2. The fourth-order valence-corrected chi connectivity index (χ4v) is 2.01. The van der Waals surface area contributed by atoms with Crippen LogP contribution in [0.5, 0.6) is 0 Å². The van der Waals surface area contributed by atoms with Crippen molar-refractivity contribution in [1.82, 2.24) is 9.97 Å². The fourth-order valence-electron chi connectivity index (χ4n) is 1.39. The molecule has 6 heteroatoms. The molecule has 0 spiro atoms. The molecular formula is C12H9BrClN3O. The Morgan fingerprint density at radius 3 is 2.83 bits per heavy atom. The lowest BCUT2D eigenvalue weighted by molar-refractivity contribution is 0.102. The monoisotopic (exact) mass is 325 g/mol. The van der Waals surface area contributed by atoms with Crippen LogP contribution in [0.2, 0.25) is 5.15 Å². The van der Waals surface area contributed by atoms with E-state index in [2.05, 4.69) is 31.2 Å². The van der Waals surface area contributed by atoms with Crippen molar-refractivity contribution in [2.75, 3.05) is 5.32 Å². The van der Waals surface area contributed by atoms with E-state index in [0.29, 0.717) is 11.4 Å². The van der Waals surface area contributed by atoms with Crippen molar-refractivity contribution >= 4 is 39.3 Å². The van der Waals surface area contributed by atoms with Crippen molar-refractivity contribution in [2.24, 2.45) is 0 Å². The van der Waals surface area contributed by atoms with Crippen molar-refractivity contribution in [3.05, 3.63) is 51.3 Å². The van der Waals surface area contributed by atoms with E-state index in [1.807, 2.05) is 13.0 Å². The minimum Gasteiger partial charge on any atom is -0.306 e. The number of nitrogens with one attached hydrogen (secondary N) is 1. The smallest absolute Gasteiger partial charge is 0.256 e. The van der Waals surface area contributed by atoms with E-state index in [-0.39, 0.29) is 11.1 Å². The number of anilines is 1. The zero-order valence-electron chi connectivity index (χ0n) is 9.45. The van der Waals surface area contributed by atoms with Gasteiger partial charge in [0.2, 0.25) is 0 Å². The van der Waals surface area contributed by atoms with Crippen LogP contribution in [0.3, 0.4) is 0 Å². The Labute approximate surface area is 118 Å². The number of carbonyl (C=O) groups is 1. The molecule has 0 aliphatic carbocycles. The number of nitrogens with zero attached hydrogens (tertiary/aromatic N) is 2. The van der Waals surface area contributed by atoms with Crippen molar-refractivity contribution < 1.29 is 4.79 Å². The Kier molecular flexibility index (Phi) is 3.93. The highest BCUT2D eigenvalue weighted by molar-refractivity contribution is 9.10. The van der Waals surface area contributed by atoms with Crippen LogP contribution in [-0.4, -0.2) is 15.9 Å². The predicted octanol–water partition coefficient (Wildman–Crippen LogP) is 3.45. The molecule has 92 valence electrons. The molecule has 2 heterocycles. The highest BCUT2D eigenvalue weighted by atomic mass is 79.9. The molecule has 1 amide bonds. The average Bonchev–Trinajstić information content (AvgIpc) is 2.32. The Morgan fingerprint density at radius 1 is 1.39 bits per heavy atom. The van der Waals surface area contributed by atoms with Crippen LogP contribution in [0.1, 0.15) is 15.9 Å². The summed E-state index contributed by atoms with van der Waals surface area (Å²) < 4.78 is 0.866. The SMILES string of the molecule is Cc1cc(Br)cnc1NC(=O)c1ccnc(Cl)c1. The Hall–Kier alpha value is -1.46. The van der Waals surface area contributed by atoms with Gasteiger partial charge in [0.25, 0.3) is 5.91 Å². The maximum atomic E-state index is 12.0. The molecule has 0 unspecified atom stereocenters. The normalized spacial score (nSPS) is 10.2. The Morgan fingerprint density at radius 2 is 2.17 bits per heavy atom. The molecule has 0 radical (unpaired) electrons. The van der Waals surface area contributed by atoms with Gasteiger partial charge in [-0.05, 0) is 46.6 Å². The molecule has 4 nitrogen and oxygen atoms in total. The summed E-state index contributed by atoms with van der Waals surface area (Å²) in [6.45, 7) is 1.87. The molecule has 0 bridgehead atoms. The molecule has 2 rings (SSSR count). The number of aryl methyl sites for hydroxylation is 1. The number of hydrogen-bond donors (Lipinski definition) is 1. The van der Waals surface area contributed by atoms with Crippen molar-refractivity contribution in [3.8, 4) is 0 Å². The lowest BCUT2D eigenvalue weighted by atomic mass is 10.2. The van der Waals surface area contributed by atoms with E-state index in [1.165, 1.54) is 12.3 Å². The summed E-state index contributed by atoms with van der Waals surface area (Å²) in [4.78, 5) is 19.9. The van der Waals surface area contributed by atoms with Crippen LogP contribution in [0, 0.1) is 6.92 Å². The lowest BCUT2D eigenvalue weighted by Crippen LogP contribution is -2.14. The summed E-state index contributed by atoms with van der Waals surface area (Å²) in [5.74, 6) is 0.258. The van der Waals surface area contributed by atoms with Crippen molar-refractivity contribution in [2.45, 2.75) is 6.92 Å². The third-order valence-corrected chi connectivity index (χ3v) is 2.91. The van der Waals surface area contributed by atoms with Crippen LogP contribution in [0.4, 0.5) is 5.82 Å². The van der Waals surface area contributed by atoms with Gasteiger partial charge in [0, 0.05) is 22.4 Å². The molecule has 0 aliphatic rings. The third kappa shape index (κ3) is 3.05. The van der Waals surface area contributed by atoms with E-state index in [0.717, 1.165) is 10.0 Å². The van der Waals surface area contributed by atoms with Gasteiger partial charge < -0.3 is 5.32 Å². The zero-order chi connectivity index (χ0) is 13.1. The molecule has 2 aromatic heterocycles. The highest BCUT2D eigenvalue weighted by Gasteiger charge is 2.09. The minimum atomic E-state index is -0.266. The van der Waals surface area contributed by atoms with Gasteiger partial charge >= 0.3 is 0 Å². The maximum Gasteiger partial charge on any atom is 0.256 e. The van der Waals surface area contributed by atoms with Crippen LogP contribution < -0.4 is 5.32 Å². The zero-order valence-corrected chi connectivity index (χ0v) is 11.8. The molecule has 0 fully saturated rings.